The fourth-order valence-electron chi connectivity index (χ4n) is 11.3. The Morgan fingerprint density at radius 2 is 1.00 bits per heavy atom. The molecule has 9 aromatic carbocycles. The normalized spacial score (nSPS) is 13.0. The van der Waals surface area contributed by atoms with Gasteiger partial charge in [-0.1, -0.05) is 145 Å². The Kier molecular flexibility index (Phi) is 9.25. The van der Waals surface area contributed by atoms with Crippen molar-refractivity contribution in [3.8, 4) is 17.2 Å². The Bertz CT molecular complexity index is 3320. The minimum Gasteiger partial charge on any atom is -0.312 e. The smallest absolute Gasteiger partial charge is 0.189 e. The number of benzene rings is 9. The Hall–Kier alpha value is -7.66. The van der Waals surface area contributed by atoms with Crippen LogP contribution in [0.4, 0.5) is 39.8 Å². The molecule has 304 valence electrons. The molecule has 0 unspecified atom stereocenters. The molecule has 1 aliphatic rings. The minimum absolute atomic E-state index is 0.226. The minimum atomic E-state index is -0.432. The van der Waals surface area contributed by atoms with Crippen LogP contribution in [-0.4, -0.2) is 0 Å². The molecule has 0 saturated carbocycles. The maximum Gasteiger partial charge on any atom is 0.189 e. The van der Waals surface area contributed by atoms with Crippen molar-refractivity contribution in [1.82, 2.24) is 0 Å². The molecule has 0 spiro atoms. The monoisotopic (exact) mass is 812 g/mol. The van der Waals surface area contributed by atoms with E-state index in [1.807, 2.05) is 48.5 Å². The van der Waals surface area contributed by atoms with Crippen LogP contribution in [0.3, 0.4) is 0 Å². The summed E-state index contributed by atoms with van der Waals surface area (Å²) in [5.41, 5.74) is 11.7. The van der Waals surface area contributed by atoms with E-state index in [1.165, 1.54) is 54.6 Å². The number of hydrogen-bond donors (Lipinski definition) is 0. The molecule has 0 aliphatic heterocycles. The van der Waals surface area contributed by atoms with Gasteiger partial charge in [0.2, 0.25) is 0 Å². The van der Waals surface area contributed by atoms with E-state index in [-0.39, 0.29) is 10.8 Å². The van der Waals surface area contributed by atoms with E-state index >= 15 is 0 Å². The molecule has 4 heteroatoms. The highest BCUT2D eigenvalue weighted by molar-refractivity contribution is 6.20. The second-order valence-corrected chi connectivity index (χ2v) is 18.8. The number of nitrogens with zero attached hydrogens (tertiary/aromatic N) is 4. The Balaban J connectivity index is 1.26. The van der Waals surface area contributed by atoms with Crippen molar-refractivity contribution in [2.24, 2.45) is 10.8 Å². The lowest BCUT2D eigenvalue weighted by Gasteiger charge is -2.54. The molecule has 0 fully saturated rings. The molecule has 4 nitrogen and oxygen atoms in total. The lowest BCUT2D eigenvalue weighted by atomic mass is 9.49. The maximum absolute atomic E-state index is 9.93. The van der Waals surface area contributed by atoms with E-state index in [9.17, 15) is 5.26 Å². The standard InChI is InChI=1S/C59H48N4/c1-57(2,3)59(58(4,5)6)55-48-32-29-46(63(43-22-12-9-13-23-43)45-25-17-19-41(36-45)61-7)35-40(48)28-31-52(55)54-50-27-15-14-26-49(50)53-37-47(30-33-51(53)56(54)59)62(42-20-10-8-11-21-42)44-24-16-18-39(34-44)38-60/h8-37H,1-6H3. The van der Waals surface area contributed by atoms with Gasteiger partial charge in [-0.05, 0) is 144 Å². The third-order valence-corrected chi connectivity index (χ3v) is 13.3. The second kappa shape index (κ2) is 14.8. The molecule has 0 aromatic heterocycles. The number of nitriles is 1. The van der Waals surface area contributed by atoms with Gasteiger partial charge in [-0.3, -0.25) is 0 Å². The van der Waals surface area contributed by atoms with Crippen LogP contribution >= 0.6 is 0 Å². The van der Waals surface area contributed by atoms with Gasteiger partial charge in [0.25, 0.3) is 0 Å². The highest BCUT2D eigenvalue weighted by Gasteiger charge is 2.59. The van der Waals surface area contributed by atoms with E-state index in [2.05, 4.69) is 196 Å². The molecule has 0 heterocycles. The highest BCUT2D eigenvalue weighted by Crippen LogP contribution is 2.68. The quantitative estimate of drug-likeness (QED) is 0.124. The van der Waals surface area contributed by atoms with Crippen LogP contribution in [0.1, 0.15) is 58.2 Å². The first-order valence-corrected chi connectivity index (χ1v) is 21.7. The van der Waals surface area contributed by atoms with Crippen LogP contribution < -0.4 is 9.80 Å². The van der Waals surface area contributed by atoms with Crippen molar-refractivity contribution in [2.45, 2.75) is 47.0 Å². The van der Waals surface area contributed by atoms with Crippen LogP contribution in [0.15, 0.2) is 182 Å². The first-order valence-electron chi connectivity index (χ1n) is 21.7. The first-order chi connectivity index (χ1) is 30.4. The molecule has 0 radical (unpaired) electrons. The van der Waals surface area contributed by atoms with Gasteiger partial charge in [0, 0.05) is 39.5 Å². The zero-order chi connectivity index (χ0) is 43.7. The van der Waals surface area contributed by atoms with E-state index in [4.69, 9.17) is 6.57 Å². The van der Waals surface area contributed by atoms with E-state index < -0.39 is 5.41 Å². The van der Waals surface area contributed by atoms with Crippen LogP contribution in [0.5, 0.6) is 0 Å². The summed E-state index contributed by atoms with van der Waals surface area (Å²) in [4.78, 5) is 8.29. The summed E-state index contributed by atoms with van der Waals surface area (Å²) in [6.45, 7) is 22.4. The van der Waals surface area contributed by atoms with E-state index in [0.717, 1.165) is 34.1 Å². The summed E-state index contributed by atoms with van der Waals surface area (Å²) >= 11 is 0. The number of fused-ring (bicyclic) bond motifs is 10. The number of rotatable bonds is 6. The first kappa shape index (κ1) is 39.5. The van der Waals surface area contributed by atoms with Crippen molar-refractivity contribution in [3.05, 3.63) is 210 Å². The molecule has 0 atom stereocenters. The SMILES string of the molecule is [C-]#[N+]c1cccc(N(c2ccccc2)c2ccc3c4c(ccc3c2)-c2c(c3ccc(N(c5ccccc5)c5cccc(C#N)c5)cc3c3ccccc23)C4(C(C)(C)C)C(C)(C)C)c1. The molecule has 0 N–H and O–H groups in total. The molecule has 0 saturated heterocycles. The number of hydrogen-bond acceptors (Lipinski definition) is 3. The van der Waals surface area contributed by atoms with Crippen molar-refractivity contribution >= 4 is 72.1 Å². The van der Waals surface area contributed by atoms with Gasteiger partial charge in [0.1, 0.15) is 0 Å². The van der Waals surface area contributed by atoms with Gasteiger partial charge in [-0.15, -0.1) is 0 Å². The Morgan fingerprint density at radius 1 is 0.460 bits per heavy atom. The fourth-order valence-corrected chi connectivity index (χ4v) is 11.3. The molecular formula is C59H48N4. The lowest BCUT2D eigenvalue weighted by Crippen LogP contribution is -2.50. The average Bonchev–Trinajstić information content (AvgIpc) is 3.64. The third-order valence-electron chi connectivity index (χ3n) is 13.3. The second-order valence-electron chi connectivity index (χ2n) is 18.8. The molecular weight excluding hydrogens is 765 g/mol. The zero-order valence-electron chi connectivity index (χ0n) is 36.6. The molecule has 9 aromatic rings. The zero-order valence-corrected chi connectivity index (χ0v) is 36.6. The van der Waals surface area contributed by atoms with E-state index in [1.54, 1.807) is 0 Å². The highest BCUT2D eigenvalue weighted by atomic mass is 15.1. The van der Waals surface area contributed by atoms with Gasteiger partial charge in [0.05, 0.1) is 18.2 Å². The van der Waals surface area contributed by atoms with Crippen LogP contribution in [0.2, 0.25) is 0 Å². The maximum atomic E-state index is 9.93. The molecule has 1 aliphatic carbocycles. The summed E-state index contributed by atoms with van der Waals surface area (Å²) in [6, 6.07) is 66.6. The van der Waals surface area contributed by atoms with Gasteiger partial charge >= 0.3 is 0 Å². The van der Waals surface area contributed by atoms with Gasteiger partial charge < -0.3 is 9.80 Å². The van der Waals surface area contributed by atoms with Crippen molar-refractivity contribution in [3.63, 3.8) is 0 Å². The summed E-state index contributed by atoms with van der Waals surface area (Å²) in [5, 5.41) is 17.3. The molecule has 63 heavy (non-hydrogen) atoms. The van der Waals surface area contributed by atoms with E-state index in [0.29, 0.717) is 11.3 Å². The number of anilines is 6. The lowest BCUT2D eigenvalue weighted by molar-refractivity contribution is 0.0977. The third kappa shape index (κ3) is 6.09. The van der Waals surface area contributed by atoms with Crippen LogP contribution in [0, 0.1) is 28.7 Å². The van der Waals surface area contributed by atoms with Crippen LogP contribution in [0.25, 0.3) is 48.3 Å². The van der Waals surface area contributed by atoms with Crippen molar-refractivity contribution < 1.29 is 0 Å². The van der Waals surface area contributed by atoms with Gasteiger partial charge in [-0.25, -0.2) is 4.85 Å². The number of para-hydroxylation sites is 2. The Morgan fingerprint density at radius 3 is 1.62 bits per heavy atom. The average molecular weight is 813 g/mol. The topological polar surface area (TPSA) is 34.6 Å². The summed E-state index contributed by atoms with van der Waals surface area (Å²) < 4.78 is 0. The predicted molar refractivity (Wildman–Crippen MR) is 264 cm³/mol. The fraction of sp³-hybridized carbons (Fsp3) is 0.153. The molecule has 0 bridgehead atoms. The summed E-state index contributed by atoms with van der Waals surface area (Å²) in [6.07, 6.45) is 0. The molecule has 10 rings (SSSR count). The summed E-state index contributed by atoms with van der Waals surface area (Å²) in [7, 11) is 0. The Labute approximate surface area is 370 Å². The van der Waals surface area contributed by atoms with Crippen LogP contribution in [-0.2, 0) is 5.41 Å². The van der Waals surface area contributed by atoms with Crippen molar-refractivity contribution in [2.75, 3.05) is 9.80 Å². The summed E-state index contributed by atoms with van der Waals surface area (Å²) in [5.74, 6) is 0. The van der Waals surface area contributed by atoms with Crippen molar-refractivity contribution in [1.29, 1.82) is 5.26 Å². The van der Waals surface area contributed by atoms with Gasteiger partial charge in [-0.2, -0.15) is 5.26 Å². The molecule has 0 amide bonds. The largest absolute Gasteiger partial charge is 0.312 e. The van der Waals surface area contributed by atoms with Gasteiger partial charge in [0.15, 0.2) is 5.69 Å². The predicted octanol–water partition coefficient (Wildman–Crippen LogP) is 16.9.